The molecule has 0 spiro atoms. The van der Waals surface area contributed by atoms with Crippen molar-refractivity contribution in [2.24, 2.45) is 0 Å². The van der Waals surface area contributed by atoms with Gasteiger partial charge in [-0.3, -0.25) is 10.1 Å². The number of aliphatic hydroxyl groups excluding tert-OH is 1. The lowest BCUT2D eigenvalue weighted by molar-refractivity contribution is -0.404. The molecule has 1 aromatic carbocycles. The van der Waals surface area contributed by atoms with Gasteiger partial charge in [0.2, 0.25) is 0 Å². The molecule has 1 atom stereocenters. The molecular weight excluding hydrogens is 444 g/mol. The lowest BCUT2D eigenvalue weighted by Crippen LogP contribution is -2.31. The Hall–Kier alpha value is -2.07. The van der Waals surface area contributed by atoms with E-state index in [0.29, 0.717) is 12.4 Å². The smallest absolute Gasteiger partial charge is 0.274 e. The van der Waals surface area contributed by atoms with Crippen molar-refractivity contribution in [3.8, 4) is 0 Å². The van der Waals surface area contributed by atoms with Gasteiger partial charge < -0.3 is 20.6 Å². The highest BCUT2D eigenvalue weighted by Gasteiger charge is 2.11. The van der Waals surface area contributed by atoms with Crippen molar-refractivity contribution in [2.75, 3.05) is 32.9 Å². The zero-order chi connectivity index (χ0) is 23.5. The Balaban J connectivity index is 1.78. The van der Waals surface area contributed by atoms with E-state index in [9.17, 15) is 15.2 Å². The molecule has 1 heterocycles. The van der Waals surface area contributed by atoms with Crippen LogP contribution in [0.2, 0.25) is 0 Å². The molecule has 0 radical (unpaired) electrons. The topological polar surface area (TPSA) is 90.7 Å². The van der Waals surface area contributed by atoms with Gasteiger partial charge in [0.1, 0.15) is 0 Å². The van der Waals surface area contributed by atoms with Gasteiger partial charge in [0.05, 0.1) is 11.0 Å². The summed E-state index contributed by atoms with van der Waals surface area (Å²) in [5, 5.41) is 27.5. The van der Waals surface area contributed by atoms with Crippen molar-refractivity contribution in [1.82, 2.24) is 15.5 Å². The van der Waals surface area contributed by atoms with Gasteiger partial charge in [0, 0.05) is 40.9 Å². The van der Waals surface area contributed by atoms with Crippen molar-refractivity contribution in [3.05, 3.63) is 78.9 Å². The third-order valence-corrected chi connectivity index (χ3v) is 7.21. The van der Waals surface area contributed by atoms with Crippen molar-refractivity contribution < 1.29 is 10.0 Å². The Labute approximate surface area is 199 Å². The quantitative estimate of drug-likeness (QED) is 0.215. The van der Waals surface area contributed by atoms with Gasteiger partial charge in [-0.1, -0.05) is 31.2 Å². The fraction of sp³-hybridized carbons (Fsp3) is 0.478. The maximum atomic E-state index is 11.0. The second-order valence-corrected chi connectivity index (χ2v) is 10.2. The second kappa shape index (κ2) is 13.5. The van der Waals surface area contributed by atoms with Crippen LogP contribution in [0.3, 0.4) is 0 Å². The molecule has 2 aromatic rings. The van der Waals surface area contributed by atoms with Crippen LogP contribution in [0.25, 0.3) is 0 Å². The normalized spacial score (nSPS) is 12.8. The molecule has 0 amide bonds. The molecule has 0 bridgehead atoms. The average Bonchev–Trinajstić information content (AvgIpc) is 3.09. The molecule has 1 aromatic heterocycles. The lowest BCUT2D eigenvalue weighted by atomic mass is 10.0. The highest BCUT2D eigenvalue weighted by Crippen LogP contribution is 2.26. The summed E-state index contributed by atoms with van der Waals surface area (Å²) in [4.78, 5) is 15.4. The third-order valence-electron chi connectivity index (χ3n) is 4.80. The van der Waals surface area contributed by atoms with Crippen molar-refractivity contribution in [1.29, 1.82) is 0 Å². The van der Waals surface area contributed by atoms with Gasteiger partial charge >= 0.3 is 0 Å². The fourth-order valence-electron chi connectivity index (χ4n) is 3.14. The highest BCUT2D eigenvalue weighted by molar-refractivity contribution is 7.98. The van der Waals surface area contributed by atoms with E-state index < -0.39 is 11.0 Å². The van der Waals surface area contributed by atoms with E-state index in [2.05, 4.69) is 49.5 Å². The number of nitrogens with one attached hydrogen (secondary N) is 2. The molecule has 0 aliphatic heterocycles. The molecule has 9 heteroatoms. The van der Waals surface area contributed by atoms with E-state index in [0.717, 1.165) is 41.8 Å². The Kier molecular flexibility index (Phi) is 11.0. The molecule has 176 valence electrons. The van der Waals surface area contributed by atoms with Gasteiger partial charge in [-0.2, -0.15) is 11.8 Å². The molecule has 0 aliphatic carbocycles. The van der Waals surface area contributed by atoms with Crippen LogP contribution in [0, 0.1) is 17.0 Å². The first kappa shape index (κ1) is 26.2. The van der Waals surface area contributed by atoms with E-state index in [4.69, 9.17) is 0 Å². The summed E-state index contributed by atoms with van der Waals surface area (Å²) in [6.45, 7) is 5.95. The first-order chi connectivity index (χ1) is 15.3. The minimum Gasteiger partial charge on any atom is -0.387 e. The fourth-order valence-corrected chi connectivity index (χ4v) is 5.40. The summed E-state index contributed by atoms with van der Waals surface area (Å²) < 4.78 is 0. The molecule has 0 saturated carbocycles. The number of thioether (sulfide) groups is 1. The number of aliphatic hydroxyl groups is 1. The maximum absolute atomic E-state index is 11.0. The van der Waals surface area contributed by atoms with Crippen molar-refractivity contribution in [2.45, 2.75) is 38.7 Å². The molecule has 1 unspecified atom stereocenters. The monoisotopic (exact) mass is 478 g/mol. The molecule has 32 heavy (non-hydrogen) atoms. The number of hydrogen-bond donors (Lipinski definition) is 3. The third kappa shape index (κ3) is 9.20. The van der Waals surface area contributed by atoms with Gasteiger partial charge in [-0.15, -0.1) is 11.3 Å². The predicted molar refractivity (Wildman–Crippen MR) is 134 cm³/mol. The van der Waals surface area contributed by atoms with E-state index >= 15 is 0 Å². The number of thiophene rings is 1. The molecule has 0 aliphatic rings. The van der Waals surface area contributed by atoms with E-state index in [1.807, 2.05) is 35.6 Å². The number of rotatable bonds is 14. The number of nitro groups is 1. The zero-order valence-electron chi connectivity index (χ0n) is 19.3. The van der Waals surface area contributed by atoms with Crippen LogP contribution in [0.15, 0.2) is 42.4 Å². The maximum Gasteiger partial charge on any atom is 0.274 e. The first-order valence-corrected chi connectivity index (χ1v) is 12.7. The first-order valence-electron chi connectivity index (χ1n) is 10.7. The summed E-state index contributed by atoms with van der Waals surface area (Å²) in [6.07, 6.45) is 1.06. The van der Waals surface area contributed by atoms with E-state index in [1.54, 1.807) is 11.8 Å². The molecule has 3 N–H and O–H groups in total. The molecular formula is C23H34N4O3S2. The van der Waals surface area contributed by atoms with E-state index in [-0.39, 0.29) is 6.54 Å². The minimum absolute atomic E-state index is 0.191. The summed E-state index contributed by atoms with van der Waals surface area (Å²) in [5.41, 5.74) is 3.28. The van der Waals surface area contributed by atoms with Crippen LogP contribution in [0.1, 0.15) is 39.5 Å². The van der Waals surface area contributed by atoms with Gasteiger partial charge in [-0.05, 0) is 50.2 Å². The van der Waals surface area contributed by atoms with Crippen LogP contribution in [-0.2, 0) is 18.7 Å². The Morgan fingerprint density at radius 1 is 1.34 bits per heavy atom. The summed E-state index contributed by atoms with van der Waals surface area (Å²) in [6, 6.07) is 10.0. The lowest BCUT2D eigenvalue weighted by Gasteiger charge is -2.16. The van der Waals surface area contributed by atoms with Gasteiger partial charge in [0.25, 0.3) is 6.20 Å². The van der Waals surface area contributed by atoms with Crippen molar-refractivity contribution in [3.63, 3.8) is 0 Å². The SMILES string of the molecule is CCc1cccc(C(O)CN/C(=C\[N+](=O)[O-])NCCSCc2cc(C)c(CN(C)C)s2)c1. The summed E-state index contributed by atoms with van der Waals surface area (Å²) >= 11 is 3.64. The Morgan fingerprint density at radius 3 is 2.81 bits per heavy atom. The largest absolute Gasteiger partial charge is 0.387 e. The number of hydrogen-bond acceptors (Lipinski definition) is 8. The van der Waals surface area contributed by atoms with Crippen LogP contribution >= 0.6 is 23.1 Å². The van der Waals surface area contributed by atoms with Crippen LogP contribution in [0.4, 0.5) is 0 Å². The number of aryl methyl sites for hydroxylation is 2. The zero-order valence-corrected chi connectivity index (χ0v) is 20.9. The molecule has 0 fully saturated rings. The standard InChI is InChI=1S/C23H34N4O3S2/c1-5-18-7-6-8-19(12-18)21(28)13-25-23(15-27(29)30)24-9-10-31-16-20-11-17(2)22(32-20)14-26(3)4/h6-8,11-12,15,21,24-25,28H,5,9-10,13-14,16H2,1-4H3/b23-15-. The van der Waals surface area contributed by atoms with Crippen LogP contribution in [0.5, 0.6) is 0 Å². The summed E-state index contributed by atoms with van der Waals surface area (Å²) in [7, 11) is 4.15. The van der Waals surface area contributed by atoms with E-state index in [1.165, 1.54) is 15.3 Å². The highest BCUT2D eigenvalue weighted by atomic mass is 32.2. The van der Waals surface area contributed by atoms with Crippen LogP contribution < -0.4 is 10.6 Å². The Bertz CT molecular complexity index is 899. The van der Waals surface area contributed by atoms with Gasteiger partial charge in [-0.25, -0.2) is 0 Å². The molecule has 0 saturated heterocycles. The van der Waals surface area contributed by atoms with Gasteiger partial charge in [0.15, 0.2) is 5.82 Å². The predicted octanol–water partition coefficient (Wildman–Crippen LogP) is 3.90. The molecule has 7 nitrogen and oxygen atoms in total. The Morgan fingerprint density at radius 2 is 2.12 bits per heavy atom. The molecule has 2 rings (SSSR count). The number of benzene rings is 1. The minimum atomic E-state index is -0.744. The van der Waals surface area contributed by atoms with Crippen LogP contribution in [-0.4, -0.2) is 47.9 Å². The van der Waals surface area contributed by atoms with Crippen molar-refractivity contribution >= 4 is 23.1 Å². The number of nitrogens with zero attached hydrogens (tertiary/aromatic N) is 2. The summed E-state index contributed by atoms with van der Waals surface area (Å²) in [5.74, 6) is 2.05. The second-order valence-electron chi connectivity index (χ2n) is 7.86. The average molecular weight is 479 g/mol.